The Labute approximate surface area is 353 Å². The van der Waals surface area contributed by atoms with Crippen LogP contribution in [0.2, 0.25) is 5.02 Å². The zero-order chi connectivity index (χ0) is 47.2. The lowest BCUT2D eigenvalue weighted by molar-refractivity contribution is -0.388. The predicted molar refractivity (Wildman–Crippen MR) is 213 cm³/mol. The molecular weight excluding hydrogens is 878 g/mol. The number of alkyl halides is 3. The predicted octanol–water partition coefficient (Wildman–Crippen LogP) is 10.2. The van der Waals surface area contributed by atoms with Crippen LogP contribution in [0.4, 0.5) is 60.5 Å². The summed E-state index contributed by atoms with van der Waals surface area (Å²) in [7, 11) is 0. The Balaban J connectivity index is 0.000000241. The topological polar surface area (TPSA) is 264 Å². The first kappa shape index (κ1) is 49.0. The lowest BCUT2D eigenvalue weighted by Crippen LogP contribution is -2.16. The number of carboxylic acid groups (broad SMARTS) is 1. The van der Waals surface area contributed by atoms with E-state index >= 15 is 0 Å². The van der Waals surface area contributed by atoms with Crippen LogP contribution in [0, 0.1) is 54.7 Å². The van der Waals surface area contributed by atoms with Crippen molar-refractivity contribution in [1.82, 2.24) is 0 Å². The number of nitro benzene ring substituents is 3. The highest BCUT2D eigenvalue weighted by Crippen LogP contribution is 2.37. The van der Waals surface area contributed by atoms with E-state index in [2.05, 4.69) is 15.1 Å². The molecule has 328 valence electrons. The number of nitrogens with two attached hydrogens (primary N) is 1. The summed E-state index contributed by atoms with van der Waals surface area (Å²) in [5, 5.41) is 44.2. The van der Waals surface area contributed by atoms with Crippen LogP contribution in [0.3, 0.4) is 0 Å². The number of aryl methyl sites for hydroxylation is 1. The van der Waals surface area contributed by atoms with Crippen molar-refractivity contribution in [3.8, 4) is 0 Å². The van der Waals surface area contributed by atoms with Crippen LogP contribution in [-0.2, 0) is 6.18 Å². The van der Waals surface area contributed by atoms with Crippen molar-refractivity contribution >= 4 is 63.5 Å². The van der Waals surface area contributed by atoms with Gasteiger partial charge in [-0.15, -0.1) is 0 Å². The van der Waals surface area contributed by atoms with Crippen molar-refractivity contribution in [2.24, 2.45) is 0 Å². The molecule has 0 aliphatic rings. The molecule has 6 rings (SSSR count). The Kier molecular flexibility index (Phi) is 16.9. The molecule has 2 amide bonds. The zero-order valence-corrected chi connectivity index (χ0v) is 32.3. The van der Waals surface area contributed by atoms with Gasteiger partial charge in [-0.3, -0.25) is 39.9 Å². The van der Waals surface area contributed by atoms with Gasteiger partial charge in [0, 0.05) is 40.8 Å². The van der Waals surface area contributed by atoms with E-state index in [0.717, 1.165) is 36.4 Å². The number of rotatable bonds is 8. The van der Waals surface area contributed by atoms with E-state index in [9.17, 15) is 71.1 Å². The Morgan fingerprint density at radius 2 is 1.21 bits per heavy atom. The van der Waals surface area contributed by atoms with E-state index in [1.165, 1.54) is 73.9 Å². The van der Waals surface area contributed by atoms with Crippen molar-refractivity contribution in [2.45, 2.75) is 13.1 Å². The second kappa shape index (κ2) is 21.8. The van der Waals surface area contributed by atoms with Gasteiger partial charge in [0.25, 0.3) is 28.9 Å². The fraction of sp³-hybridized carbons (Fsp3) is 0.0513. The molecule has 5 N–H and O–H groups in total. The summed E-state index contributed by atoms with van der Waals surface area (Å²) in [4.78, 5) is 62.9. The molecule has 0 atom stereocenters. The Bertz CT molecular complexity index is 2650. The normalized spacial score (nSPS) is 10.3. The maximum absolute atomic E-state index is 13.5. The molecule has 6 aromatic rings. The first-order valence-electron chi connectivity index (χ1n) is 16.9. The van der Waals surface area contributed by atoms with E-state index in [0.29, 0.717) is 23.4 Å². The van der Waals surface area contributed by atoms with Crippen LogP contribution < -0.4 is 16.4 Å². The number of hydrogen-bond donors (Lipinski definition) is 4. The quantitative estimate of drug-likeness (QED) is 0.0481. The van der Waals surface area contributed by atoms with Crippen LogP contribution in [-0.4, -0.2) is 37.7 Å². The maximum Gasteiger partial charge on any atom is 0.423 e. The lowest BCUT2D eigenvalue weighted by Gasteiger charge is -2.11. The van der Waals surface area contributed by atoms with Crippen LogP contribution in [0.1, 0.15) is 42.4 Å². The van der Waals surface area contributed by atoms with E-state index in [4.69, 9.17) is 22.4 Å². The van der Waals surface area contributed by atoms with Crippen LogP contribution in [0.15, 0.2) is 120 Å². The molecule has 1 aromatic heterocycles. The van der Waals surface area contributed by atoms with Crippen LogP contribution in [0.5, 0.6) is 0 Å². The van der Waals surface area contributed by atoms with Crippen molar-refractivity contribution in [3.05, 3.63) is 196 Å². The fourth-order valence-electron chi connectivity index (χ4n) is 4.76. The number of amides is 2. The van der Waals surface area contributed by atoms with Gasteiger partial charge in [-0.25, -0.2) is 18.0 Å². The van der Waals surface area contributed by atoms with Gasteiger partial charge in [0.05, 0.1) is 26.6 Å². The number of benzene rings is 5. The second-order valence-electron chi connectivity index (χ2n) is 12.0. The summed E-state index contributed by atoms with van der Waals surface area (Å²) in [6.07, 6.45) is -3.65. The molecule has 1 heterocycles. The highest BCUT2D eigenvalue weighted by Gasteiger charge is 2.38. The number of nitrogens with zero attached hydrogens (tertiary/aromatic N) is 3. The maximum atomic E-state index is 13.5. The molecule has 63 heavy (non-hydrogen) atoms. The summed E-state index contributed by atoms with van der Waals surface area (Å²) in [5.74, 6) is -5.79. The van der Waals surface area contributed by atoms with Gasteiger partial charge in [0.2, 0.25) is 5.76 Å². The van der Waals surface area contributed by atoms with Crippen molar-refractivity contribution in [3.63, 3.8) is 0 Å². The number of carbonyl (C=O) groups is 3. The van der Waals surface area contributed by atoms with Gasteiger partial charge in [0.1, 0.15) is 33.6 Å². The summed E-state index contributed by atoms with van der Waals surface area (Å²) in [6.45, 7) is 1.50. The highest BCUT2D eigenvalue weighted by atomic mass is 35.5. The molecular formula is C39H27ClF6N6O11. The number of nitrogens with one attached hydrogen (secondary N) is 2. The monoisotopic (exact) mass is 904 g/mol. The average molecular weight is 905 g/mol. The average Bonchev–Trinajstić information content (AvgIpc) is 3.74. The summed E-state index contributed by atoms with van der Waals surface area (Å²) in [6, 6.07) is 20.8. The molecule has 0 bridgehead atoms. The molecule has 0 saturated heterocycles. The number of carbonyl (C=O) groups excluding carboxylic acids is 2. The number of carboxylic acids is 1. The molecule has 17 nitrogen and oxygen atoms in total. The summed E-state index contributed by atoms with van der Waals surface area (Å²) < 4.78 is 83.4. The lowest BCUT2D eigenvalue weighted by atomic mass is 10.1. The Morgan fingerprint density at radius 1 is 0.683 bits per heavy atom. The van der Waals surface area contributed by atoms with Gasteiger partial charge in [0.15, 0.2) is 0 Å². The number of halogens is 7. The van der Waals surface area contributed by atoms with Crippen LogP contribution >= 0.6 is 11.6 Å². The van der Waals surface area contributed by atoms with E-state index in [-0.39, 0.29) is 39.1 Å². The third kappa shape index (κ3) is 14.1. The largest absolute Gasteiger partial charge is 0.475 e. The summed E-state index contributed by atoms with van der Waals surface area (Å²) in [5.41, 5.74) is 2.00. The fourth-order valence-corrected chi connectivity index (χ4v) is 5.02. The molecule has 24 heteroatoms. The number of furan rings is 1. The van der Waals surface area contributed by atoms with E-state index in [1.54, 1.807) is 0 Å². The number of nitrogen functional groups attached to an aromatic ring is 1. The third-order valence-corrected chi connectivity index (χ3v) is 7.92. The SMILES string of the molecule is Cc1cc(NC(=O)c2c(F)cccc2F)ccc1[N+](=O)[O-].Nc1ccc([N+](=O)[O-])c(Cl)c1.O=C(Nc1ccc([N+](=O)[O-])c(C(F)(F)F)c1)c1ccccc1F.O=C(O)c1ccco1. The molecule has 0 radical (unpaired) electrons. The number of hydrogen-bond acceptors (Lipinski definition) is 11. The minimum Gasteiger partial charge on any atom is -0.475 e. The third-order valence-electron chi connectivity index (χ3n) is 7.62. The van der Waals surface area contributed by atoms with Gasteiger partial charge < -0.3 is 25.9 Å². The van der Waals surface area contributed by atoms with Gasteiger partial charge in [-0.2, -0.15) is 13.2 Å². The molecule has 0 aliphatic carbocycles. The standard InChI is InChI=1S/C14H8F4N2O3.C14H10F2N2O3.C6H5ClN2O2.C5H4O3/c15-11-4-2-1-3-9(11)13(21)19-8-5-6-12(20(22)23)10(7-8)14(16,17)18;1-8-7-9(5-6-12(8)18(20)21)17-14(19)13-10(15)3-2-4-11(13)16;7-5-3-4(8)1-2-6(5)9(10)11;6-5(7)4-2-1-3-8-4/h1-7H,(H,19,21);2-7H,1H3,(H,17,19);1-3H,8H2;1-3H,(H,6,7). The zero-order valence-electron chi connectivity index (χ0n) is 31.6. The molecule has 0 aliphatic heterocycles. The van der Waals surface area contributed by atoms with Crippen molar-refractivity contribution < 1.29 is 65.0 Å². The first-order valence-corrected chi connectivity index (χ1v) is 17.3. The van der Waals surface area contributed by atoms with Gasteiger partial charge in [-0.05, 0) is 79.7 Å². The molecule has 0 unspecified atom stereocenters. The second-order valence-corrected chi connectivity index (χ2v) is 12.4. The Morgan fingerprint density at radius 3 is 1.68 bits per heavy atom. The smallest absolute Gasteiger partial charge is 0.423 e. The minimum absolute atomic E-state index is 0.0231. The van der Waals surface area contributed by atoms with Gasteiger partial charge in [-0.1, -0.05) is 29.8 Å². The van der Waals surface area contributed by atoms with Crippen LogP contribution in [0.25, 0.3) is 0 Å². The number of nitro groups is 3. The minimum atomic E-state index is -4.97. The highest BCUT2D eigenvalue weighted by molar-refractivity contribution is 6.32. The summed E-state index contributed by atoms with van der Waals surface area (Å²) >= 11 is 5.50. The number of aromatic carboxylic acids is 1. The van der Waals surface area contributed by atoms with E-state index < -0.39 is 73.0 Å². The van der Waals surface area contributed by atoms with Crippen molar-refractivity contribution in [1.29, 1.82) is 0 Å². The Hall–Kier alpha value is -8.34. The molecule has 5 aromatic carbocycles. The van der Waals surface area contributed by atoms with Gasteiger partial charge >= 0.3 is 12.1 Å². The molecule has 0 fully saturated rings. The van der Waals surface area contributed by atoms with Crippen molar-refractivity contribution in [2.75, 3.05) is 16.4 Å². The molecule has 0 saturated carbocycles. The number of anilines is 3. The first-order chi connectivity index (χ1) is 29.5. The van der Waals surface area contributed by atoms with E-state index in [1.807, 2.05) is 0 Å². The molecule has 0 spiro atoms.